The summed E-state index contributed by atoms with van der Waals surface area (Å²) < 4.78 is 45.9. The molecule has 0 radical (unpaired) electrons. The molecule has 7 heteroatoms. The molecule has 2 aromatic carbocycles. The SMILES string of the molecule is N[C@@H](Cc1cccc(Oc2ccccc2)c1)C(=O)OCC(F)(F)F. The maximum absolute atomic E-state index is 12.0. The van der Waals surface area contributed by atoms with Crippen LogP contribution in [-0.4, -0.2) is 24.8 Å². The van der Waals surface area contributed by atoms with Crippen LogP contribution in [0.15, 0.2) is 54.6 Å². The molecule has 0 aromatic heterocycles. The third-order valence-electron chi connectivity index (χ3n) is 3.01. The van der Waals surface area contributed by atoms with Gasteiger partial charge in [-0.05, 0) is 36.2 Å². The van der Waals surface area contributed by atoms with Crippen molar-refractivity contribution >= 4 is 5.97 Å². The lowest BCUT2D eigenvalue weighted by Gasteiger charge is -2.13. The van der Waals surface area contributed by atoms with E-state index in [4.69, 9.17) is 10.5 Å². The van der Waals surface area contributed by atoms with Crippen molar-refractivity contribution in [1.82, 2.24) is 0 Å². The highest BCUT2D eigenvalue weighted by Crippen LogP contribution is 2.22. The van der Waals surface area contributed by atoms with E-state index in [1.165, 1.54) is 0 Å². The molecule has 0 aliphatic carbocycles. The second-order valence-electron chi connectivity index (χ2n) is 5.10. The summed E-state index contributed by atoms with van der Waals surface area (Å²) in [5, 5.41) is 0. The summed E-state index contributed by atoms with van der Waals surface area (Å²) in [7, 11) is 0. The molecule has 0 heterocycles. The fourth-order valence-electron chi connectivity index (χ4n) is 1.96. The largest absolute Gasteiger partial charge is 0.457 e. The van der Waals surface area contributed by atoms with Crippen LogP contribution < -0.4 is 10.5 Å². The second-order valence-corrected chi connectivity index (χ2v) is 5.10. The van der Waals surface area contributed by atoms with E-state index in [0.717, 1.165) is 0 Å². The fraction of sp³-hybridized carbons (Fsp3) is 0.235. The van der Waals surface area contributed by atoms with Crippen LogP contribution >= 0.6 is 0 Å². The van der Waals surface area contributed by atoms with Gasteiger partial charge >= 0.3 is 12.1 Å². The Morgan fingerprint density at radius 3 is 2.38 bits per heavy atom. The summed E-state index contributed by atoms with van der Waals surface area (Å²) in [4.78, 5) is 11.5. The predicted molar refractivity (Wildman–Crippen MR) is 81.7 cm³/mol. The summed E-state index contributed by atoms with van der Waals surface area (Å²) in [6.07, 6.45) is -4.53. The first kappa shape index (κ1) is 17.8. The standard InChI is InChI=1S/C17H16F3NO3/c18-17(19,20)11-23-16(22)15(21)10-12-5-4-8-14(9-12)24-13-6-2-1-3-7-13/h1-9,15H,10-11,21H2/t15-/m0/s1. The molecule has 0 saturated heterocycles. The number of nitrogens with two attached hydrogens (primary N) is 1. The number of alkyl halides is 3. The zero-order chi connectivity index (χ0) is 17.6. The van der Waals surface area contributed by atoms with Crippen molar-refractivity contribution in [2.75, 3.05) is 6.61 Å². The average Bonchev–Trinajstić information content (AvgIpc) is 2.53. The molecular formula is C17H16F3NO3. The van der Waals surface area contributed by atoms with Crippen LogP contribution in [0.5, 0.6) is 11.5 Å². The Hall–Kier alpha value is -2.54. The van der Waals surface area contributed by atoms with E-state index in [1.54, 1.807) is 36.4 Å². The number of rotatable bonds is 6. The van der Waals surface area contributed by atoms with Gasteiger partial charge in [-0.1, -0.05) is 30.3 Å². The van der Waals surface area contributed by atoms with Gasteiger partial charge in [0, 0.05) is 0 Å². The number of para-hydroxylation sites is 1. The smallest absolute Gasteiger partial charge is 0.422 e. The Morgan fingerprint density at radius 1 is 1.04 bits per heavy atom. The van der Waals surface area contributed by atoms with Crippen molar-refractivity contribution in [3.63, 3.8) is 0 Å². The molecule has 2 aromatic rings. The summed E-state index contributed by atoms with van der Waals surface area (Å²) in [5.74, 6) is 0.0831. The topological polar surface area (TPSA) is 61.5 Å². The fourth-order valence-corrected chi connectivity index (χ4v) is 1.96. The summed E-state index contributed by atoms with van der Waals surface area (Å²) in [6, 6.07) is 14.7. The van der Waals surface area contributed by atoms with Gasteiger partial charge in [-0.15, -0.1) is 0 Å². The van der Waals surface area contributed by atoms with Crippen molar-refractivity contribution in [2.45, 2.75) is 18.6 Å². The van der Waals surface area contributed by atoms with Gasteiger partial charge in [0.2, 0.25) is 0 Å². The maximum Gasteiger partial charge on any atom is 0.422 e. The van der Waals surface area contributed by atoms with Crippen LogP contribution in [0.4, 0.5) is 13.2 Å². The predicted octanol–water partition coefficient (Wildman–Crippen LogP) is 3.45. The highest BCUT2D eigenvalue weighted by Gasteiger charge is 2.30. The lowest BCUT2D eigenvalue weighted by molar-refractivity contribution is -0.187. The van der Waals surface area contributed by atoms with E-state index in [9.17, 15) is 18.0 Å². The van der Waals surface area contributed by atoms with Gasteiger partial charge in [0.1, 0.15) is 17.5 Å². The number of carbonyl (C=O) groups is 1. The van der Waals surface area contributed by atoms with Gasteiger partial charge in [0.15, 0.2) is 6.61 Å². The highest BCUT2D eigenvalue weighted by atomic mass is 19.4. The molecular weight excluding hydrogens is 323 g/mol. The van der Waals surface area contributed by atoms with E-state index >= 15 is 0 Å². The van der Waals surface area contributed by atoms with Gasteiger partial charge in [-0.25, -0.2) is 0 Å². The molecule has 0 bridgehead atoms. The first-order valence-corrected chi connectivity index (χ1v) is 7.14. The van der Waals surface area contributed by atoms with Crippen LogP contribution in [0.2, 0.25) is 0 Å². The van der Waals surface area contributed by atoms with E-state index in [0.29, 0.717) is 17.1 Å². The van der Waals surface area contributed by atoms with Crippen molar-refractivity contribution in [2.24, 2.45) is 5.73 Å². The molecule has 0 spiro atoms. The Labute approximate surface area is 137 Å². The van der Waals surface area contributed by atoms with E-state index in [2.05, 4.69) is 4.74 Å². The summed E-state index contributed by atoms with van der Waals surface area (Å²) in [6.45, 7) is -1.64. The maximum atomic E-state index is 12.0. The third-order valence-corrected chi connectivity index (χ3v) is 3.01. The molecule has 0 fully saturated rings. The Kier molecular flexibility index (Phi) is 5.81. The molecule has 0 amide bonds. The molecule has 2 N–H and O–H groups in total. The van der Waals surface area contributed by atoms with Crippen molar-refractivity contribution in [1.29, 1.82) is 0 Å². The molecule has 0 aliphatic heterocycles. The molecule has 0 saturated carbocycles. The number of benzene rings is 2. The van der Waals surface area contributed by atoms with E-state index < -0.39 is 24.8 Å². The number of hydrogen-bond acceptors (Lipinski definition) is 4. The minimum absolute atomic E-state index is 0.0443. The van der Waals surface area contributed by atoms with Crippen LogP contribution in [0.25, 0.3) is 0 Å². The van der Waals surface area contributed by atoms with Crippen LogP contribution in [0, 0.1) is 0 Å². The normalized spacial score (nSPS) is 12.5. The van der Waals surface area contributed by atoms with Gasteiger partial charge in [0.05, 0.1) is 0 Å². The van der Waals surface area contributed by atoms with Gasteiger partial charge in [-0.2, -0.15) is 13.2 Å². The van der Waals surface area contributed by atoms with E-state index in [1.807, 2.05) is 18.2 Å². The van der Waals surface area contributed by atoms with E-state index in [-0.39, 0.29) is 6.42 Å². The Balaban J connectivity index is 1.95. The molecule has 0 aliphatic rings. The van der Waals surface area contributed by atoms with Crippen LogP contribution in [0.3, 0.4) is 0 Å². The number of carbonyl (C=O) groups excluding carboxylic acids is 1. The van der Waals surface area contributed by atoms with Crippen LogP contribution in [0.1, 0.15) is 5.56 Å². The number of halogens is 3. The molecule has 128 valence electrons. The Bertz CT molecular complexity index is 674. The molecule has 1 atom stereocenters. The molecule has 2 rings (SSSR count). The minimum Gasteiger partial charge on any atom is -0.457 e. The monoisotopic (exact) mass is 339 g/mol. The van der Waals surface area contributed by atoms with Crippen molar-refractivity contribution in [3.8, 4) is 11.5 Å². The summed E-state index contributed by atoms with van der Waals surface area (Å²) in [5.41, 5.74) is 6.25. The van der Waals surface area contributed by atoms with Gasteiger partial charge in [-0.3, -0.25) is 4.79 Å². The zero-order valence-electron chi connectivity index (χ0n) is 12.6. The quantitative estimate of drug-likeness (QED) is 0.819. The van der Waals surface area contributed by atoms with Crippen molar-refractivity contribution < 1.29 is 27.4 Å². The lowest BCUT2D eigenvalue weighted by Crippen LogP contribution is -2.36. The van der Waals surface area contributed by atoms with Crippen molar-refractivity contribution in [3.05, 3.63) is 60.2 Å². The molecule has 24 heavy (non-hydrogen) atoms. The van der Waals surface area contributed by atoms with Gasteiger partial charge < -0.3 is 15.2 Å². The lowest BCUT2D eigenvalue weighted by atomic mass is 10.1. The number of hydrogen-bond donors (Lipinski definition) is 1. The highest BCUT2D eigenvalue weighted by molar-refractivity contribution is 5.75. The number of esters is 1. The minimum atomic E-state index is -4.57. The first-order valence-electron chi connectivity index (χ1n) is 7.14. The third kappa shape index (κ3) is 5.92. The second kappa shape index (κ2) is 7.83. The Morgan fingerprint density at radius 2 is 1.71 bits per heavy atom. The average molecular weight is 339 g/mol. The molecule has 4 nitrogen and oxygen atoms in total. The molecule has 0 unspecified atom stereocenters. The van der Waals surface area contributed by atoms with Crippen LogP contribution in [-0.2, 0) is 16.0 Å². The van der Waals surface area contributed by atoms with Gasteiger partial charge in [0.25, 0.3) is 0 Å². The zero-order valence-corrected chi connectivity index (χ0v) is 12.6. The number of ether oxygens (including phenoxy) is 2. The summed E-state index contributed by atoms with van der Waals surface area (Å²) >= 11 is 0. The first-order chi connectivity index (χ1) is 11.3.